The van der Waals surface area contributed by atoms with Crippen molar-refractivity contribution in [3.63, 3.8) is 0 Å². The van der Waals surface area contributed by atoms with Crippen LogP contribution >= 0.6 is 24.0 Å². The van der Waals surface area contributed by atoms with Crippen molar-refractivity contribution in [2.75, 3.05) is 19.6 Å². The number of carbonyl (C=O) groups is 1. The van der Waals surface area contributed by atoms with E-state index >= 15 is 0 Å². The lowest BCUT2D eigenvalue weighted by atomic mass is 10.1. The Morgan fingerprint density at radius 3 is 2.68 bits per heavy atom. The van der Waals surface area contributed by atoms with Crippen molar-refractivity contribution in [2.24, 2.45) is 0 Å². The predicted molar refractivity (Wildman–Crippen MR) is 76.2 cm³/mol. The summed E-state index contributed by atoms with van der Waals surface area (Å²) in [5, 5.41) is 16.7. The second-order valence-electron chi connectivity index (χ2n) is 3.53. The van der Waals surface area contributed by atoms with Crippen LogP contribution in [0, 0.1) is 10.1 Å². The van der Waals surface area contributed by atoms with E-state index in [9.17, 15) is 14.9 Å². The van der Waals surface area contributed by atoms with Gasteiger partial charge in [0.15, 0.2) is 0 Å². The first-order chi connectivity index (χ1) is 8.56. The highest BCUT2D eigenvalue weighted by molar-refractivity contribution is 6.31. The smallest absolute Gasteiger partial charge is 0.283 e. The van der Waals surface area contributed by atoms with Crippen LogP contribution in [0.3, 0.4) is 0 Å². The molecule has 0 fully saturated rings. The number of likely N-dealkylation sites (N-methyl/N-ethyl adjacent to an activating group) is 1. The number of carbonyl (C=O) groups excluding carboxylic acids is 1. The molecule has 19 heavy (non-hydrogen) atoms. The van der Waals surface area contributed by atoms with Gasteiger partial charge in [0, 0.05) is 24.2 Å². The van der Waals surface area contributed by atoms with Gasteiger partial charge >= 0.3 is 0 Å². The second kappa shape index (κ2) is 8.68. The molecule has 0 aromatic heterocycles. The lowest BCUT2D eigenvalue weighted by Gasteiger charge is -2.06. The van der Waals surface area contributed by atoms with Crippen molar-refractivity contribution >= 4 is 35.6 Å². The topological polar surface area (TPSA) is 84.3 Å². The summed E-state index contributed by atoms with van der Waals surface area (Å²) in [5.74, 6) is -0.476. The lowest BCUT2D eigenvalue weighted by Crippen LogP contribution is -2.32. The quantitative estimate of drug-likeness (QED) is 0.478. The van der Waals surface area contributed by atoms with Gasteiger partial charge in [-0.2, -0.15) is 0 Å². The van der Waals surface area contributed by atoms with Crippen LogP contribution in [0.15, 0.2) is 18.2 Å². The molecule has 0 bridgehead atoms. The number of nitrogens with one attached hydrogen (secondary N) is 2. The zero-order valence-corrected chi connectivity index (χ0v) is 11.9. The number of benzene rings is 1. The van der Waals surface area contributed by atoms with E-state index in [0.717, 1.165) is 6.54 Å². The maximum Gasteiger partial charge on any atom is 0.283 e. The van der Waals surface area contributed by atoms with Crippen molar-refractivity contribution in [2.45, 2.75) is 6.92 Å². The Kier molecular flexibility index (Phi) is 8.06. The van der Waals surface area contributed by atoms with E-state index in [1.807, 2.05) is 6.92 Å². The molecule has 8 heteroatoms. The van der Waals surface area contributed by atoms with Gasteiger partial charge in [-0.25, -0.2) is 0 Å². The number of nitro benzene ring substituents is 1. The zero-order chi connectivity index (χ0) is 13.5. The first-order valence-electron chi connectivity index (χ1n) is 5.49. The molecule has 0 heterocycles. The summed E-state index contributed by atoms with van der Waals surface area (Å²) in [6.07, 6.45) is 0. The summed E-state index contributed by atoms with van der Waals surface area (Å²) < 4.78 is 0. The Hall–Kier alpha value is -1.37. The maximum absolute atomic E-state index is 11.8. The van der Waals surface area contributed by atoms with Crippen LogP contribution in [-0.2, 0) is 0 Å². The molecule has 106 valence electrons. The van der Waals surface area contributed by atoms with E-state index < -0.39 is 10.8 Å². The molecule has 1 aromatic carbocycles. The molecule has 0 unspecified atom stereocenters. The minimum Gasteiger partial charge on any atom is -0.351 e. The molecule has 0 atom stereocenters. The van der Waals surface area contributed by atoms with Gasteiger partial charge in [-0.3, -0.25) is 14.9 Å². The minimum absolute atomic E-state index is 0. The van der Waals surface area contributed by atoms with Crippen LogP contribution in [0.2, 0.25) is 5.02 Å². The van der Waals surface area contributed by atoms with Gasteiger partial charge in [0.2, 0.25) is 0 Å². The minimum atomic E-state index is -0.620. The molecule has 1 rings (SSSR count). The first-order valence-corrected chi connectivity index (χ1v) is 5.87. The normalized spacial score (nSPS) is 9.58. The highest BCUT2D eigenvalue weighted by Gasteiger charge is 2.19. The molecule has 1 amide bonds. The maximum atomic E-state index is 11.8. The summed E-state index contributed by atoms with van der Waals surface area (Å²) in [7, 11) is 0. The molecule has 0 aliphatic heterocycles. The van der Waals surface area contributed by atoms with Crippen LogP contribution in [0.25, 0.3) is 0 Å². The fourth-order valence-electron chi connectivity index (χ4n) is 1.38. The average molecular weight is 308 g/mol. The number of hydrogen-bond acceptors (Lipinski definition) is 4. The Labute approximate surface area is 122 Å². The Bertz CT molecular complexity index is 455. The molecule has 2 N–H and O–H groups in total. The summed E-state index contributed by atoms with van der Waals surface area (Å²) in [6, 6.07) is 3.97. The number of nitro groups is 1. The van der Waals surface area contributed by atoms with E-state index in [2.05, 4.69) is 10.6 Å². The van der Waals surface area contributed by atoms with E-state index in [-0.39, 0.29) is 28.7 Å². The van der Waals surface area contributed by atoms with Gasteiger partial charge < -0.3 is 10.6 Å². The fourth-order valence-corrected chi connectivity index (χ4v) is 1.55. The van der Waals surface area contributed by atoms with Gasteiger partial charge in [-0.1, -0.05) is 18.5 Å². The highest BCUT2D eigenvalue weighted by atomic mass is 35.5. The van der Waals surface area contributed by atoms with Crippen molar-refractivity contribution in [1.82, 2.24) is 10.6 Å². The molecule has 0 saturated heterocycles. The first kappa shape index (κ1) is 17.6. The van der Waals surface area contributed by atoms with E-state index in [4.69, 9.17) is 11.6 Å². The number of nitrogens with zero attached hydrogens (tertiary/aromatic N) is 1. The molecule has 0 aliphatic rings. The van der Waals surface area contributed by atoms with Gasteiger partial charge in [0.05, 0.1) is 4.92 Å². The molecule has 1 aromatic rings. The molecular formula is C11H15Cl2N3O3. The lowest BCUT2D eigenvalue weighted by molar-refractivity contribution is -0.385. The zero-order valence-electron chi connectivity index (χ0n) is 10.3. The molecule has 0 spiro atoms. The number of rotatable bonds is 6. The third-order valence-electron chi connectivity index (χ3n) is 2.24. The Balaban J connectivity index is 0.00000324. The molecule has 0 aliphatic carbocycles. The van der Waals surface area contributed by atoms with Crippen molar-refractivity contribution < 1.29 is 9.72 Å². The van der Waals surface area contributed by atoms with Gasteiger partial charge in [0.1, 0.15) is 5.56 Å². The Morgan fingerprint density at radius 2 is 2.11 bits per heavy atom. The molecule has 0 saturated carbocycles. The highest BCUT2D eigenvalue weighted by Crippen LogP contribution is 2.22. The van der Waals surface area contributed by atoms with Gasteiger partial charge in [-0.05, 0) is 18.7 Å². The fraction of sp³-hybridized carbons (Fsp3) is 0.364. The molecule has 6 nitrogen and oxygen atoms in total. The predicted octanol–water partition coefficient (Wildman–Crippen LogP) is 2.01. The van der Waals surface area contributed by atoms with E-state index in [0.29, 0.717) is 13.1 Å². The standard InChI is InChI=1S/C11H14ClN3O3.ClH/c1-2-13-5-6-14-11(16)9-4-3-8(12)7-10(9)15(17)18;/h3-4,7,13H,2,5-6H2,1H3,(H,14,16);1H. The largest absolute Gasteiger partial charge is 0.351 e. The number of hydrogen-bond donors (Lipinski definition) is 2. The average Bonchev–Trinajstić information content (AvgIpc) is 2.34. The second-order valence-corrected chi connectivity index (χ2v) is 3.96. The van der Waals surface area contributed by atoms with Gasteiger partial charge in [-0.15, -0.1) is 12.4 Å². The van der Waals surface area contributed by atoms with Gasteiger partial charge in [0.25, 0.3) is 11.6 Å². The summed E-state index contributed by atoms with van der Waals surface area (Å²) in [5.41, 5.74) is -0.274. The third kappa shape index (κ3) is 5.42. The van der Waals surface area contributed by atoms with Crippen LogP contribution in [-0.4, -0.2) is 30.5 Å². The van der Waals surface area contributed by atoms with Crippen molar-refractivity contribution in [3.05, 3.63) is 38.9 Å². The van der Waals surface area contributed by atoms with Crippen LogP contribution in [0.5, 0.6) is 0 Å². The van der Waals surface area contributed by atoms with Crippen molar-refractivity contribution in [1.29, 1.82) is 0 Å². The molecular weight excluding hydrogens is 293 g/mol. The van der Waals surface area contributed by atoms with Crippen molar-refractivity contribution in [3.8, 4) is 0 Å². The van der Waals surface area contributed by atoms with Crippen LogP contribution in [0.1, 0.15) is 17.3 Å². The third-order valence-corrected chi connectivity index (χ3v) is 2.47. The summed E-state index contributed by atoms with van der Waals surface area (Å²) in [4.78, 5) is 21.9. The SMILES string of the molecule is CCNCCNC(=O)c1ccc(Cl)cc1[N+](=O)[O-].Cl. The monoisotopic (exact) mass is 307 g/mol. The Morgan fingerprint density at radius 1 is 1.42 bits per heavy atom. The summed E-state index contributed by atoms with van der Waals surface area (Å²) >= 11 is 5.67. The molecule has 0 radical (unpaired) electrons. The van der Waals surface area contributed by atoms with Crippen LogP contribution in [0.4, 0.5) is 5.69 Å². The summed E-state index contributed by atoms with van der Waals surface area (Å²) in [6.45, 7) is 3.78. The number of halogens is 2. The number of amides is 1. The van der Waals surface area contributed by atoms with Crippen LogP contribution < -0.4 is 10.6 Å². The van der Waals surface area contributed by atoms with E-state index in [1.54, 1.807) is 0 Å². The van der Waals surface area contributed by atoms with E-state index in [1.165, 1.54) is 18.2 Å².